The number of oxazole rings is 1. The number of carbonyl (C=O) groups is 1. The van der Waals surface area contributed by atoms with E-state index in [1.807, 2.05) is 24.3 Å². The van der Waals surface area contributed by atoms with Crippen LogP contribution in [0.5, 0.6) is 17.2 Å². The highest BCUT2D eigenvalue weighted by molar-refractivity contribution is 5.92. The summed E-state index contributed by atoms with van der Waals surface area (Å²) in [6.45, 7) is 0. The fourth-order valence-corrected chi connectivity index (χ4v) is 2.66. The van der Waals surface area contributed by atoms with Gasteiger partial charge in [-0.05, 0) is 36.4 Å². The first-order chi connectivity index (χ1) is 13.6. The summed E-state index contributed by atoms with van der Waals surface area (Å²) in [7, 11) is 4.73. The van der Waals surface area contributed by atoms with Crippen LogP contribution in [-0.4, -0.2) is 32.2 Å². The second-order valence-electron chi connectivity index (χ2n) is 5.96. The van der Waals surface area contributed by atoms with Gasteiger partial charge in [0, 0.05) is 24.5 Å². The number of aromatic nitrogens is 1. The van der Waals surface area contributed by atoms with Crippen LogP contribution in [0, 0.1) is 0 Å². The summed E-state index contributed by atoms with van der Waals surface area (Å²) >= 11 is 0. The SMILES string of the molecule is COc1ccc(-c2cnc(CCC(=O)Nc3cc(OC)ccc3OC)o2)cc1. The molecule has 0 atom stereocenters. The first kappa shape index (κ1) is 19.3. The molecule has 0 fully saturated rings. The highest BCUT2D eigenvalue weighted by atomic mass is 16.5. The molecule has 1 N–H and O–H groups in total. The van der Waals surface area contributed by atoms with E-state index in [1.54, 1.807) is 45.7 Å². The Morgan fingerprint density at radius 1 is 1.00 bits per heavy atom. The van der Waals surface area contributed by atoms with Gasteiger partial charge in [-0.2, -0.15) is 0 Å². The van der Waals surface area contributed by atoms with Crippen molar-refractivity contribution in [3.63, 3.8) is 0 Å². The number of amides is 1. The molecule has 146 valence electrons. The zero-order chi connectivity index (χ0) is 19.9. The summed E-state index contributed by atoms with van der Waals surface area (Å²) in [5.41, 5.74) is 1.45. The van der Waals surface area contributed by atoms with E-state index in [1.165, 1.54) is 0 Å². The number of rotatable bonds is 8. The minimum atomic E-state index is -0.171. The van der Waals surface area contributed by atoms with Crippen LogP contribution in [0.25, 0.3) is 11.3 Å². The predicted octanol–water partition coefficient (Wildman–Crippen LogP) is 3.94. The topological polar surface area (TPSA) is 82.8 Å². The maximum absolute atomic E-state index is 12.3. The van der Waals surface area contributed by atoms with E-state index >= 15 is 0 Å². The molecule has 0 saturated heterocycles. The second kappa shape index (κ2) is 8.94. The summed E-state index contributed by atoms with van der Waals surface area (Å²) in [5.74, 6) is 2.94. The first-order valence-electron chi connectivity index (χ1n) is 8.74. The maximum atomic E-state index is 12.3. The number of hydrogen-bond acceptors (Lipinski definition) is 6. The van der Waals surface area contributed by atoms with Gasteiger partial charge in [-0.15, -0.1) is 0 Å². The zero-order valence-corrected chi connectivity index (χ0v) is 16.0. The van der Waals surface area contributed by atoms with Gasteiger partial charge in [-0.1, -0.05) is 0 Å². The third-order valence-corrected chi connectivity index (χ3v) is 4.17. The molecule has 3 rings (SSSR count). The number of methoxy groups -OCH3 is 3. The number of ether oxygens (including phenoxy) is 3. The Labute approximate surface area is 163 Å². The molecule has 1 heterocycles. The smallest absolute Gasteiger partial charge is 0.224 e. The van der Waals surface area contributed by atoms with E-state index in [4.69, 9.17) is 18.6 Å². The Morgan fingerprint density at radius 3 is 2.39 bits per heavy atom. The van der Waals surface area contributed by atoms with E-state index < -0.39 is 0 Å². The van der Waals surface area contributed by atoms with Crippen molar-refractivity contribution in [2.45, 2.75) is 12.8 Å². The molecule has 0 bridgehead atoms. The van der Waals surface area contributed by atoms with Crippen LogP contribution in [0.4, 0.5) is 5.69 Å². The fraction of sp³-hybridized carbons (Fsp3) is 0.238. The minimum Gasteiger partial charge on any atom is -0.497 e. The van der Waals surface area contributed by atoms with Gasteiger partial charge >= 0.3 is 0 Å². The summed E-state index contributed by atoms with van der Waals surface area (Å²) in [6, 6.07) is 12.7. The van der Waals surface area contributed by atoms with E-state index in [-0.39, 0.29) is 12.3 Å². The number of carbonyl (C=O) groups excluding carboxylic acids is 1. The molecule has 0 radical (unpaired) electrons. The molecule has 2 aromatic carbocycles. The highest BCUT2D eigenvalue weighted by Crippen LogP contribution is 2.29. The third kappa shape index (κ3) is 4.62. The Morgan fingerprint density at radius 2 is 1.71 bits per heavy atom. The van der Waals surface area contributed by atoms with Crippen LogP contribution in [0.3, 0.4) is 0 Å². The van der Waals surface area contributed by atoms with Crippen molar-refractivity contribution in [3.8, 4) is 28.6 Å². The van der Waals surface area contributed by atoms with Gasteiger partial charge in [0.25, 0.3) is 0 Å². The van der Waals surface area contributed by atoms with Crippen LogP contribution in [-0.2, 0) is 11.2 Å². The lowest BCUT2D eigenvalue weighted by Crippen LogP contribution is -2.13. The van der Waals surface area contributed by atoms with Crippen molar-refractivity contribution in [3.05, 3.63) is 54.6 Å². The molecule has 0 aliphatic rings. The van der Waals surface area contributed by atoms with Crippen LogP contribution in [0.2, 0.25) is 0 Å². The largest absolute Gasteiger partial charge is 0.497 e. The summed E-state index contributed by atoms with van der Waals surface area (Å²) < 4.78 is 21.3. The summed E-state index contributed by atoms with van der Waals surface area (Å²) in [5, 5.41) is 2.83. The molecule has 0 saturated carbocycles. The van der Waals surface area contributed by atoms with Gasteiger partial charge in [0.1, 0.15) is 17.2 Å². The molecule has 1 aromatic heterocycles. The first-order valence-corrected chi connectivity index (χ1v) is 8.74. The highest BCUT2D eigenvalue weighted by Gasteiger charge is 2.12. The van der Waals surface area contributed by atoms with Crippen molar-refractivity contribution in [2.75, 3.05) is 26.6 Å². The van der Waals surface area contributed by atoms with Crippen LogP contribution in [0.15, 0.2) is 53.1 Å². The number of benzene rings is 2. The van der Waals surface area contributed by atoms with Gasteiger partial charge < -0.3 is 23.9 Å². The fourth-order valence-electron chi connectivity index (χ4n) is 2.66. The quantitative estimate of drug-likeness (QED) is 0.635. The standard InChI is InChI=1S/C21H22N2O5/c1-25-15-6-4-14(5-7-15)19-13-22-21(28-19)11-10-20(24)23-17-12-16(26-2)8-9-18(17)27-3/h4-9,12-13H,10-11H2,1-3H3,(H,23,24). The van der Waals surface area contributed by atoms with E-state index in [9.17, 15) is 4.79 Å². The maximum Gasteiger partial charge on any atom is 0.224 e. The number of nitrogens with one attached hydrogen (secondary N) is 1. The second-order valence-corrected chi connectivity index (χ2v) is 5.96. The molecular weight excluding hydrogens is 360 g/mol. The normalized spacial score (nSPS) is 10.4. The van der Waals surface area contributed by atoms with Crippen molar-refractivity contribution in [1.29, 1.82) is 0 Å². The number of anilines is 1. The third-order valence-electron chi connectivity index (χ3n) is 4.17. The van der Waals surface area contributed by atoms with Crippen molar-refractivity contribution in [1.82, 2.24) is 4.98 Å². The summed E-state index contributed by atoms with van der Waals surface area (Å²) in [6.07, 6.45) is 2.26. The lowest BCUT2D eigenvalue weighted by molar-refractivity contribution is -0.116. The molecule has 7 nitrogen and oxygen atoms in total. The van der Waals surface area contributed by atoms with Crippen LogP contribution < -0.4 is 19.5 Å². The molecule has 28 heavy (non-hydrogen) atoms. The molecule has 0 aliphatic heterocycles. The molecule has 0 unspecified atom stereocenters. The van der Waals surface area contributed by atoms with E-state index in [0.717, 1.165) is 11.3 Å². The molecule has 0 spiro atoms. The molecule has 3 aromatic rings. The van der Waals surface area contributed by atoms with Crippen molar-refractivity contribution < 1.29 is 23.4 Å². The van der Waals surface area contributed by atoms with Gasteiger partial charge in [0.15, 0.2) is 11.7 Å². The molecule has 7 heteroatoms. The minimum absolute atomic E-state index is 0.171. The van der Waals surface area contributed by atoms with Gasteiger partial charge in [-0.25, -0.2) is 4.98 Å². The van der Waals surface area contributed by atoms with Crippen LogP contribution in [0.1, 0.15) is 12.3 Å². The van der Waals surface area contributed by atoms with E-state index in [2.05, 4.69) is 10.3 Å². The average Bonchev–Trinajstić information content (AvgIpc) is 3.21. The predicted molar refractivity (Wildman–Crippen MR) is 105 cm³/mol. The van der Waals surface area contributed by atoms with Gasteiger partial charge in [0.2, 0.25) is 5.91 Å². The Bertz CT molecular complexity index is 934. The molecule has 0 aliphatic carbocycles. The Hall–Kier alpha value is -3.48. The number of nitrogens with zero attached hydrogens (tertiary/aromatic N) is 1. The van der Waals surface area contributed by atoms with Crippen LogP contribution >= 0.6 is 0 Å². The molecular formula is C21H22N2O5. The van der Waals surface area contributed by atoms with Gasteiger partial charge in [0.05, 0.1) is 33.2 Å². The average molecular weight is 382 g/mol. The van der Waals surface area contributed by atoms with Gasteiger partial charge in [-0.3, -0.25) is 4.79 Å². The number of hydrogen-bond donors (Lipinski definition) is 1. The van der Waals surface area contributed by atoms with Crippen molar-refractivity contribution >= 4 is 11.6 Å². The van der Waals surface area contributed by atoms with E-state index in [0.29, 0.717) is 35.3 Å². The Balaban J connectivity index is 1.60. The Kier molecular flexibility index (Phi) is 6.16. The zero-order valence-electron chi connectivity index (χ0n) is 16.0. The lowest BCUT2D eigenvalue weighted by atomic mass is 10.2. The lowest BCUT2D eigenvalue weighted by Gasteiger charge is -2.11. The molecule has 1 amide bonds. The number of aryl methyl sites for hydroxylation is 1. The summed E-state index contributed by atoms with van der Waals surface area (Å²) in [4.78, 5) is 16.6. The monoisotopic (exact) mass is 382 g/mol. The van der Waals surface area contributed by atoms with Crippen molar-refractivity contribution in [2.24, 2.45) is 0 Å².